The molecule has 0 atom stereocenters. The van der Waals surface area contributed by atoms with Crippen molar-refractivity contribution in [1.29, 1.82) is 0 Å². The van der Waals surface area contributed by atoms with Gasteiger partial charge < -0.3 is 9.47 Å². The molecule has 6 rings (SSSR count). The number of nitrogens with zero attached hydrogens (tertiary/aromatic N) is 2. The van der Waals surface area contributed by atoms with Gasteiger partial charge in [0.2, 0.25) is 0 Å². The fraction of sp³-hybridized carbons (Fsp3) is 0.0312. The number of hydrogen-bond acceptors (Lipinski definition) is 6. The molecule has 192 valence electrons. The maximum absolute atomic E-state index is 6.22. The van der Waals surface area contributed by atoms with E-state index in [0.717, 1.165) is 61.8 Å². The zero-order valence-corrected chi connectivity index (χ0v) is 21.9. The van der Waals surface area contributed by atoms with Gasteiger partial charge in [0.1, 0.15) is 17.2 Å². The maximum Gasteiger partial charge on any atom is 0.179 e. The third-order valence-electron chi connectivity index (χ3n) is 6.17. The highest BCUT2D eigenvalue weighted by Gasteiger charge is 2.17. The van der Waals surface area contributed by atoms with Crippen molar-refractivity contribution >= 4 is 23.1 Å². The van der Waals surface area contributed by atoms with Crippen LogP contribution in [-0.4, -0.2) is 16.8 Å². The molecule has 0 spiro atoms. The molecule has 0 aliphatic heterocycles. The van der Waals surface area contributed by atoms with E-state index in [-0.39, 0.29) is 0 Å². The van der Waals surface area contributed by atoms with Gasteiger partial charge in [-0.1, -0.05) is 71.1 Å². The number of hydrogen-bond donors (Lipinski definition) is 0. The number of aromatic nitrogens is 2. The second-order valence-corrected chi connectivity index (χ2v) is 9.42. The Bertz CT molecular complexity index is 1690. The van der Waals surface area contributed by atoms with Gasteiger partial charge in [-0.15, -0.1) is 4.73 Å². The van der Waals surface area contributed by atoms with Gasteiger partial charge in [-0.05, 0) is 54.1 Å². The van der Waals surface area contributed by atoms with E-state index in [2.05, 4.69) is 6.07 Å². The lowest BCUT2D eigenvalue weighted by atomic mass is 10.0. The molecule has 0 unspecified atom stereocenters. The summed E-state index contributed by atoms with van der Waals surface area (Å²) in [5.41, 5.74) is 4.41. The molecule has 0 saturated heterocycles. The molecule has 0 radical (unpaired) electrons. The van der Waals surface area contributed by atoms with Gasteiger partial charge in [0, 0.05) is 33.2 Å². The van der Waals surface area contributed by atoms with E-state index in [9.17, 15) is 0 Å². The Labute approximate surface area is 230 Å². The summed E-state index contributed by atoms with van der Waals surface area (Å²) in [5.74, 6) is 2.30. The van der Waals surface area contributed by atoms with Crippen molar-refractivity contribution in [2.24, 2.45) is 0 Å². The molecule has 0 N–H and O–H groups in total. The molecule has 2 heterocycles. The summed E-state index contributed by atoms with van der Waals surface area (Å²) in [6.07, 6.45) is 3.69. The van der Waals surface area contributed by atoms with Crippen LogP contribution in [0.3, 0.4) is 0 Å². The minimum absolute atomic E-state index is 0.625. The lowest BCUT2D eigenvalue weighted by Crippen LogP contribution is -2.07. The van der Waals surface area contributed by atoms with E-state index in [1.54, 1.807) is 11.8 Å². The molecule has 4 aromatic carbocycles. The van der Waals surface area contributed by atoms with Crippen molar-refractivity contribution in [2.75, 3.05) is 7.11 Å². The normalized spacial score (nSPS) is 10.9. The van der Waals surface area contributed by atoms with Crippen LogP contribution in [0.15, 0.2) is 133 Å². The Kier molecular flexibility index (Phi) is 7.16. The summed E-state index contributed by atoms with van der Waals surface area (Å²) < 4.78 is 18.6. The lowest BCUT2D eigenvalue weighted by molar-refractivity contribution is -0.188. The zero-order valence-electron chi connectivity index (χ0n) is 21.1. The first-order chi connectivity index (χ1) is 19.3. The maximum atomic E-state index is 6.22. The quantitative estimate of drug-likeness (QED) is 0.106. The molecule has 0 fully saturated rings. The van der Waals surface area contributed by atoms with Crippen LogP contribution >= 0.6 is 12.0 Å². The van der Waals surface area contributed by atoms with Crippen LogP contribution < -0.4 is 14.5 Å². The van der Waals surface area contributed by atoms with Gasteiger partial charge in [0.25, 0.3) is 0 Å². The molecule has 39 heavy (non-hydrogen) atoms. The first-order valence-electron chi connectivity index (χ1n) is 12.3. The van der Waals surface area contributed by atoms with Crippen molar-refractivity contribution in [1.82, 2.24) is 9.71 Å². The number of pyridine rings is 1. The van der Waals surface area contributed by atoms with Crippen molar-refractivity contribution in [3.05, 3.63) is 128 Å². The molecule has 7 heteroatoms. The van der Waals surface area contributed by atoms with E-state index in [1.165, 1.54) is 0 Å². The van der Waals surface area contributed by atoms with E-state index >= 15 is 0 Å². The van der Waals surface area contributed by atoms with Crippen LogP contribution in [-0.2, 0) is 4.33 Å². The van der Waals surface area contributed by atoms with Crippen LogP contribution in [0.25, 0.3) is 33.3 Å². The highest BCUT2D eigenvalue weighted by atomic mass is 32.2. The minimum Gasteiger partial charge on any atom is -0.497 e. The lowest BCUT2D eigenvalue weighted by Gasteiger charge is -2.11. The van der Waals surface area contributed by atoms with Gasteiger partial charge in [-0.2, -0.15) is 0 Å². The molecular formula is C32H24N2O4S. The molecule has 6 aromatic rings. The van der Waals surface area contributed by atoms with Crippen LogP contribution in [0.5, 0.6) is 17.2 Å². The zero-order chi connectivity index (χ0) is 26.4. The SMILES string of the molecule is COc1ccc(-c2cn(OOSc3ccccc3)c3ncc(-c4ccccc4Oc4ccccc4)cc23)cc1. The Morgan fingerprint density at radius 1 is 0.692 bits per heavy atom. The van der Waals surface area contributed by atoms with Crippen LogP contribution in [0, 0.1) is 0 Å². The van der Waals surface area contributed by atoms with Gasteiger partial charge >= 0.3 is 0 Å². The fourth-order valence-electron chi connectivity index (χ4n) is 4.26. The third-order valence-corrected chi connectivity index (χ3v) is 6.76. The van der Waals surface area contributed by atoms with E-state index in [4.69, 9.17) is 23.8 Å². The molecule has 0 saturated carbocycles. The van der Waals surface area contributed by atoms with Crippen LogP contribution in [0.1, 0.15) is 0 Å². The summed E-state index contributed by atoms with van der Waals surface area (Å²) in [5, 5.41) is 0.903. The Morgan fingerprint density at radius 2 is 1.41 bits per heavy atom. The molecule has 0 bridgehead atoms. The van der Waals surface area contributed by atoms with Gasteiger partial charge in [-0.25, -0.2) is 9.97 Å². The fourth-order valence-corrected chi connectivity index (χ4v) is 4.70. The number of methoxy groups -OCH3 is 1. The predicted octanol–water partition coefficient (Wildman–Crippen LogP) is 8.24. The Morgan fingerprint density at radius 3 is 2.18 bits per heavy atom. The minimum atomic E-state index is 0.625. The molecule has 2 aromatic heterocycles. The summed E-state index contributed by atoms with van der Waals surface area (Å²) in [6.45, 7) is 0. The third kappa shape index (κ3) is 5.45. The van der Waals surface area contributed by atoms with E-state index < -0.39 is 0 Å². The average molecular weight is 533 g/mol. The average Bonchev–Trinajstić information content (AvgIpc) is 3.36. The summed E-state index contributed by atoms with van der Waals surface area (Å²) in [7, 11) is 1.65. The molecular weight excluding hydrogens is 508 g/mol. The van der Waals surface area contributed by atoms with Crippen LogP contribution in [0.2, 0.25) is 0 Å². The molecule has 0 aliphatic carbocycles. The number of para-hydroxylation sites is 2. The summed E-state index contributed by atoms with van der Waals surface area (Å²) in [6, 6.07) is 37.4. The highest BCUT2D eigenvalue weighted by Crippen LogP contribution is 2.37. The number of benzene rings is 4. The van der Waals surface area contributed by atoms with Gasteiger partial charge in [0.05, 0.1) is 25.3 Å². The van der Waals surface area contributed by atoms with Crippen LogP contribution in [0.4, 0.5) is 0 Å². The second kappa shape index (κ2) is 11.3. The van der Waals surface area contributed by atoms with Crippen molar-refractivity contribution in [2.45, 2.75) is 4.90 Å². The first kappa shape index (κ1) is 24.6. The Hall–Kier alpha value is -4.72. The summed E-state index contributed by atoms with van der Waals surface area (Å²) in [4.78, 5) is 11.4. The van der Waals surface area contributed by atoms with Gasteiger partial charge in [0.15, 0.2) is 5.65 Å². The molecule has 6 nitrogen and oxygen atoms in total. The van der Waals surface area contributed by atoms with Gasteiger partial charge in [-0.3, -0.25) is 0 Å². The van der Waals surface area contributed by atoms with E-state index in [1.807, 2.05) is 122 Å². The second-order valence-electron chi connectivity index (χ2n) is 8.64. The highest BCUT2D eigenvalue weighted by molar-refractivity contribution is 7.94. The standard InChI is InChI=1S/C32H24N2O4S/c1-35-25-18-16-23(17-19-25)30-22-34(37-38-39-27-12-6-3-7-13-27)32-29(30)20-24(21-33-32)28-14-8-9-15-31(28)36-26-10-4-2-5-11-26/h2-22H,1H3. The van der Waals surface area contributed by atoms with E-state index in [0.29, 0.717) is 5.65 Å². The smallest absolute Gasteiger partial charge is 0.179 e. The number of rotatable bonds is 9. The van der Waals surface area contributed by atoms with Crippen molar-refractivity contribution in [3.8, 4) is 39.5 Å². The Balaban J connectivity index is 1.39. The first-order valence-corrected chi connectivity index (χ1v) is 13.1. The number of fused-ring (bicyclic) bond motifs is 1. The van der Waals surface area contributed by atoms with Crippen molar-refractivity contribution < 1.29 is 18.8 Å². The monoisotopic (exact) mass is 532 g/mol. The molecule has 0 aliphatic rings. The predicted molar refractivity (Wildman–Crippen MR) is 154 cm³/mol. The largest absolute Gasteiger partial charge is 0.497 e. The number of ether oxygens (including phenoxy) is 2. The molecule has 0 amide bonds. The topological polar surface area (TPSA) is 54.7 Å². The summed E-state index contributed by atoms with van der Waals surface area (Å²) >= 11 is 1.13. The van der Waals surface area contributed by atoms with Crippen molar-refractivity contribution in [3.63, 3.8) is 0 Å².